The molecule has 0 bridgehead atoms. The molecule has 1 unspecified atom stereocenters. The quantitative estimate of drug-likeness (QED) is 0.819. The lowest BCUT2D eigenvalue weighted by atomic mass is 10.0. The maximum Gasteiger partial charge on any atom is 0.224 e. The summed E-state index contributed by atoms with van der Waals surface area (Å²) in [5, 5.41) is 2.83. The Balaban J connectivity index is 1.92. The zero-order valence-electron chi connectivity index (χ0n) is 10.3. The molecule has 0 saturated heterocycles. The lowest BCUT2D eigenvalue weighted by molar-refractivity contribution is -0.120. The number of carbonyl (C=O) groups is 1. The molecule has 0 aromatic heterocycles. The van der Waals surface area contributed by atoms with E-state index in [1.54, 1.807) is 0 Å². The van der Waals surface area contributed by atoms with Gasteiger partial charge in [0.15, 0.2) is 0 Å². The van der Waals surface area contributed by atoms with Crippen molar-refractivity contribution in [3.63, 3.8) is 0 Å². The van der Waals surface area contributed by atoms with Crippen LogP contribution in [0.4, 0.5) is 0 Å². The van der Waals surface area contributed by atoms with E-state index >= 15 is 0 Å². The van der Waals surface area contributed by atoms with E-state index in [-0.39, 0.29) is 11.9 Å². The predicted octanol–water partition coefficient (Wildman–Crippen LogP) is 1.18. The Morgan fingerprint density at radius 3 is 2.94 bits per heavy atom. The molecule has 0 heterocycles. The maximum absolute atomic E-state index is 11.7. The van der Waals surface area contributed by atoms with Crippen LogP contribution < -0.4 is 11.1 Å². The van der Waals surface area contributed by atoms with Gasteiger partial charge in [-0.2, -0.15) is 0 Å². The summed E-state index contributed by atoms with van der Waals surface area (Å²) in [5.74, 6) is 0.0558. The normalized spacial score (nSPS) is 15.4. The van der Waals surface area contributed by atoms with Crippen LogP contribution in [0.5, 0.6) is 0 Å². The van der Waals surface area contributed by atoms with Crippen LogP contribution in [0.2, 0.25) is 0 Å². The number of benzene rings is 1. The Hall–Kier alpha value is -1.35. The van der Waals surface area contributed by atoms with Crippen LogP contribution in [0, 0.1) is 0 Å². The minimum Gasteiger partial charge on any atom is -0.354 e. The first-order valence-electron chi connectivity index (χ1n) is 6.28. The van der Waals surface area contributed by atoms with E-state index in [1.165, 1.54) is 24.0 Å². The lowest BCUT2D eigenvalue weighted by Crippen LogP contribution is -2.35. The number of hydrogen-bond acceptors (Lipinski definition) is 2. The van der Waals surface area contributed by atoms with Crippen molar-refractivity contribution < 1.29 is 4.79 Å². The Bertz CT molecular complexity index is 413. The smallest absolute Gasteiger partial charge is 0.224 e. The number of rotatable bonds is 4. The number of amides is 1. The molecule has 1 atom stereocenters. The molecular formula is C14H20N2O. The van der Waals surface area contributed by atoms with Crippen molar-refractivity contribution in [1.29, 1.82) is 0 Å². The van der Waals surface area contributed by atoms with Crippen molar-refractivity contribution in [1.82, 2.24) is 5.32 Å². The number of fused-ring (bicyclic) bond motifs is 1. The van der Waals surface area contributed by atoms with Gasteiger partial charge in [-0.05, 0) is 42.9 Å². The van der Waals surface area contributed by atoms with Crippen LogP contribution in [0.1, 0.15) is 30.0 Å². The molecule has 3 heteroatoms. The molecule has 1 aromatic carbocycles. The zero-order chi connectivity index (χ0) is 12.3. The van der Waals surface area contributed by atoms with E-state index in [9.17, 15) is 4.79 Å². The summed E-state index contributed by atoms with van der Waals surface area (Å²) in [6.45, 7) is 2.43. The average Bonchev–Trinajstić information content (AvgIpc) is 2.73. The van der Waals surface area contributed by atoms with E-state index in [0.29, 0.717) is 13.0 Å². The Morgan fingerprint density at radius 2 is 2.18 bits per heavy atom. The first kappa shape index (κ1) is 12.1. The van der Waals surface area contributed by atoms with Crippen molar-refractivity contribution in [3.05, 3.63) is 34.9 Å². The molecule has 3 N–H and O–H groups in total. The van der Waals surface area contributed by atoms with Gasteiger partial charge in [0.25, 0.3) is 0 Å². The summed E-state index contributed by atoms with van der Waals surface area (Å²) in [6.07, 6.45) is 4.05. The fourth-order valence-electron chi connectivity index (χ4n) is 2.26. The first-order valence-corrected chi connectivity index (χ1v) is 6.28. The Labute approximate surface area is 102 Å². The van der Waals surface area contributed by atoms with Gasteiger partial charge < -0.3 is 11.1 Å². The van der Waals surface area contributed by atoms with E-state index in [1.807, 2.05) is 6.92 Å². The third-order valence-corrected chi connectivity index (χ3v) is 3.15. The summed E-state index contributed by atoms with van der Waals surface area (Å²) in [4.78, 5) is 11.7. The van der Waals surface area contributed by atoms with Crippen molar-refractivity contribution in [2.45, 2.75) is 38.6 Å². The summed E-state index contributed by atoms with van der Waals surface area (Å²) in [5.41, 5.74) is 9.57. The van der Waals surface area contributed by atoms with Crippen molar-refractivity contribution >= 4 is 5.91 Å². The minimum absolute atomic E-state index is 0.0129. The van der Waals surface area contributed by atoms with Gasteiger partial charge in [0.1, 0.15) is 0 Å². The molecule has 1 aromatic rings. The molecule has 0 radical (unpaired) electrons. The highest BCUT2D eigenvalue weighted by molar-refractivity contribution is 5.78. The molecular weight excluding hydrogens is 212 g/mol. The van der Waals surface area contributed by atoms with Gasteiger partial charge in [0, 0.05) is 12.6 Å². The second-order valence-electron chi connectivity index (χ2n) is 4.91. The fraction of sp³-hybridized carbons (Fsp3) is 0.500. The lowest BCUT2D eigenvalue weighted by Gasteiger charge is -2.08. The molecule has 2 rings (SSSR count). The third-order valence-electron chi connectivity index (χ3n) is 3.15. The van der Waals surface area contributed by atoms with Crippen molar-refractivity contribution in [2.75, 3.05) is 6.54 Å². The summed E-state index contributed by atoms with van der Waals surface area (Å²) >= 11 is 0. The van der Waals surface area contributed by atoms with E-state index in [4.69, 9.17) is 5.73 Å². The molecule has 1 aliphatic carbocycles. The highest BCUT2D eigenvalue weighted by Crippen LogP contribution is 2.22. The largest absolute Gasteiger partial charge is 0.354 e. The van der Waals surface area contributed by atoms with E-state index < -0.39 is 0 Å². The van der Waals surface area contributed by atoms with Crippen molar-refractivity contribution in [3.8, 4) is 0 Å². The van der Waals surface area contributed by atoms with Crippen LogP contribution in [-0.2, 0) is 24.1 Å². The van der Waals surface area contributed by atoms with E-state index in [0.717, 1.165) is 12.0 Å². The molecule has 92 valence electrons. The Morgan fingerprint density at radius 1 is 1.41 bits per heavy atom. The minimum atomic E-state index is 0.0129. The van der Waals surface area contributed by atoms with Gasteiger partial charge in [-0.3, -0.25) is 4.79 Å². The van der Waals surface area contributed by atoms with E-state index in [2.05, 4.69) is 23.5 Å². The highest BCUT2D eigenvalue weighted by Gasteiger charge is 2.12. The summed E-state index contributed by atoms with van der Waals surface area (Å²) < 4.78 is 0. The molecule has 1 amide bonds. The molecule has 0 aliphatic heterocycles. The number of nitrogens with one attached hydrogen (secondary N) is 1. The molecule has 0 spiro atoms. The molecule has 17 heavy (non-hydrogen) atoms. The fourth-order valence-corrected chi connectivity index (χ4v) is 2.26. The predicted molar refractivity (Wildman–Crippen MR) is 68.8 cm³/mol. The standard InChI is InChI=1S/C14H20N2O/c1-10(15)9-16-14(17)8-11-5-6-12-3-2-4-13(12)7-11/h5-7,10H,2-4,8-9,15H2,1H3,(H,16,17). The molecule has 3 nitrogen and oxygen atoms in total. The molecule has 1 aliphatic rings. The van der Waals surface area contributed by atoms with Crippen molar-refractivity contribution in [2.24, 2.45) is 5.73 Å². The van der Waals surface area contributed by atoms with Gasteiger partial charge in [0.05, 0.1) is 6.42 Å². The average molecular weight is 232 g/mol. The van der Waals surface area contributed by atoms with Gasteiger partial charge in [-0.1, -0.05) is 18.2 Å². The van der Waals surface area contributed by atoms with Crippen LogP contribution >= 0.6 is 0 Å². The van der Waals surface area contributed by atoms with Gasteiger partial charge in [-0.15, -0.1) is 0 Å². The van der Waals surface area contributed by atoms with Crippen LogP contribution in [0.25, 0.3) is 0 Å². The summed E-state index contributed by atoms with van der Waals surface area (Å²) in [7, 11) is 0. The topological polar surface area (TPSA) is 55.1 Å². The Kier molecular flexibility index (Phi) is 3.79. The highest BCUT2D eigenvalue weighted by atomic mass is 16.1. The maximum atomic E-state index is 11.7. The summed E-state index contributed by atoms with van der Waals surface area (Å²) in [6, 6.07) is 6.42. The second kappa shape index (κ2) is 5.32. The molecule has 0 fully saturated rings. The second-order valence-corrected chi connectivity index (χ2v) is 4.91. The van der Waals surface area contributed by atoms with Gasteiger partial charge in [-0.25, -0.2) is 0 Å². The molecule has 0 saturated carbocycles. The number of hydrogen-bond donors (Lipinski definition) is 2. The number of nitrogens with two attached hydrogens (primary N) is 1. The number of aryl methyl sites for hydroxylation is 2. The zero-order valence-corrected chi connectivity index (χ0v) is 10.3. The van der Waals surface area contributed by atoms with Crippen LogP contribution in [0.3, 0.4) is 0 Å². The number of carbonyl (C=O) groups excluding carboxylic acids is 1. The monoisotopic (exact) mass is 232 g/mol. The SMILES string of the molecule is CC(N)CNC(=O)Cc1ccc2c(c1)CCC2. The van der Waals surface area contributed by atoms with Gasteiger partial charge >= 0.3 is 0 Å². The van der Waals surface area contributed by atoms with Crippen LogP contribution in [-0.4, -0.2) is 18.5 Å². The first-order chi connectivity index (χ1) is 8.15. The van der Waals surface area contributed by atoms with Gasteiger partial charge in [0.2, 0.25) is 5.91 Å². The van der Waals surface area contributed by atoms with Crippen LogP contribution in [0.15, 0.2) is 18.2 Å². The third kappa shape index (κ3) is 3.30.